The number of nitrogens with one attached hydrogen (secondary N) is 1. The van der Waals surface area contributed by atoms with Crippen LogP contribution in [0.15, 0.2) is 72.2 Å². The van der Waals surface area contributed by atoms with E-state index in [4.69, 9.17) is 4.74 Å². The number of carbonyl (C=O) groups excluding carboxylic acids is 1. The van der Waals surface area contributed by atoms with Gasteiger partial charge in [0.15, 0.2) is 6.61 Å². The predicted octanol–water partition coefficient (Wildman–Crippen LogP) is 5.16. The van der Waals surface area contributed by atoms with E-state index in [1.807, 2.05) is 74.1 Å². The first kappa shape index (κ1) is 18.3. The molecule has 0 fully saturated rings. The lowest BCUT2D eigenvalue weighted by molar-refractivity contribution is -0.133. The number of thiophene rings is 1. The number of aromatic amines is 1. The van der Waals surface area contributed by atoms with Crippen molar-refractivity contribution in [2.45, 2.75) is 13.0 Å². The van der Waals surface area contributed by atoms with Crippen molar-refractivity contribution in [3.63, 3.8) is 0 Å². The van der Waals surface area contributed by atoms with E-state index in [0.29, 0.717) is 5.75 Å². The number of benzene rings is 2. The van der Waals surface area contributed by atoms with Gasteiger partial charge in [0.1, 0.15) is 5.75 Å². The van der Waals surface area contributed by atoms with Crippen LogP contribution in [0.5, 0.6) is 5.75 Å². The van der Waals surface area contributed by atoms with E-state index in [9.17, 15) is 4.79 Å². The molecular weight excluding hydrogens is 368 g/mol. The van der Waals surface area contributed by atoms with Gasteiger partial charge in [0, 0.05) is 34.6 Å². The van der Waals surface area contributed by atoms with Crippen LogP contribution >= 0.6 is 11.3 Å². The van der Waals surface area contributed by atoms with Crippen LogP contribution in [0.2, 0.25) is 0 Å². The fraction of sp³-hybridized carbons (Fsp3) is 0.174. The van der Waals surface area contributed by atoms with Crippen LogP contribution in [-0.4, -0.2) is 29.4 Å². The monoisotopic (exact) mass is 390 g/mol. The van der Waals surface area contributed by atoms with Crippen molar-refractivity contribution in [2.75, 3.05) is 13.7 Å². The Balaban J connectivity index is 1.60. The number of carbonyl (C=O) groups is 1. The number of hydrogen-bond acceptors (Lipinski definition) is 3. The molecule has 1 atom stereocenters. The molecule has 2 aromatic heterocycles. The van der Waals surface area contributed by atoms with Crippen LogP contribution < -0.4 is 4.74 Å². The van der Waals surface area contributed by atoms with Gasteiger partial charge in [-0.05, 0) is 42.1 Å². The molecule has 0 bridgehead atoms. The molecular formula is C23H22N2O2S. The van der Waals surface area contributed by atoms with Crippen molar-refractivity contribution in [3.05, 3.63) is 88.2 Å². The molecule has 1 unspecified atom stereocenters. The largest absolute Gasteiger partial charge is 0.484 e. The van der Waals surface area contributed by atoms with Crippen molar-refractivity contribution in [1.29, 1.82) is 0 Å². The van der Waals surface area contributed by atoms with Crippen LogP contribution in [0.3, 0.4) is 0 Å². The molecule has 142 valence electrons. The summed E-state index contributed by atoms with van der Waals surface area (Å²) in [6, 6.07) is 19.8. The van der Waals surface area contributed by atoms with Gasteiger partial charge < -0.3 is 14.6 Å². The SMILES string of the molecule is Cc1cccc(OCC(=O)N(C)C(c2cccs2)c2c[nH]c3ccccc23)c1. The molecule has 0 aliphatic heterocycles. The normalized spacial score (nSPS) is 12.1. The highest BCUT2D eigenvalue weighted by Crippen LogP contribution is 2.35. The summed E-state index contributed by atoms with van der Waals surface area (Å²) in [6.45, 7) is 2.01. The van der Waals surface area contributed by atoms with E-state index < -0.39 is 0 Å². The van der Waals surface area contributed by atoms with Crippen LogP contribution in [0.1, 0.15) is 22.0 Å². The predicted molar refractivity (Wildman–Crippen MR) is 114 cm³/mol. The van der Waals surface area contributed by atoms with Gasteiger partial charge in [-0.3, -0.25) is 4.79 Å². The average molecular weight is 391 g/mol. The molecule has 0 saturated carbocycles. The lowest BCUT2D eigenvalue weighted by atomic mass is 10.0. The fourth-order valence-corrected chi connectivity index (χ4v) is 4.30. The summed E-state index contributed by atoms with van der Waals surface area (Å²) in [4.78, 5) is 19.2. The number of aryl methyl sites for hydroxylation is 1. The van der Waals surface area contributed by atoms with E-state index in [1.54, 1.807) is 16.2 Å². The maximum Gasteiger partial charge on any atom is 0.261 e. The van der Waals surface area contributed by atoms with E-state index in [-0.39, 0.29) is 18.6 Å². The Labute approximate surface area is 168 Å². The zero-order valence-corrected chi connectivity index (χ0v) is 16.7. The van der Waals surface area contributed by atoms with Crippen LogP contribution in [0, 0.1) is 6.92 Å². The second kappa shape index (κ2) is 7.90. The van der Waals surface area contributed by atoms with Crippen molar-refractivity contribution in [1.82, 2.24) is 9.88 Å². The summed E-state index contributed by atoms with van der Waals surface area (Å²) in [6.07, 6.45) is 2.00. The highest BCUT2D eigenvalue weighted by atomic mass is 32.1. The van der Waals surface area contributed by atoms with Gasteiger partial charge in [-0.2, -0.15) is 0 Å². The van der Waals surface area contributed by atoms with Crippen LogP contribution in [0.4, 0.5) is 0 Å². The highest BCUT2D eigenvalue weighted by molar-refractivity contribution is 7.10. The highest BCUT2D eigenvalue weighted by Gasteiger charge is 2.27. The lowest BCUT2D eigenvalue weighted by Crippen LogP contribution is -2.35. The Kier molecular flexibility index (Phi) is 5.17. The number of hydrogen-bond donors (Lipinski definition) is 1. The van der Waals surface area contributed by atoms with Gasteiger partial charge in [0.25, 0.3) is 5.91 Å². The Morgan fingerprint density at radius 3 is 2.79 bits per heavy atom. The Bertz CT molecular complexity index is 1080. The minimum Gasteiger partial charge on any atom is -0.484 e. The maximum atomic E-state index is 13.0. The Hall–Kier alpha value is -3.05. The molecule has 0 spiro atoms. The van der Waals surface area contributed by atoms with Gasteiger partial charge in [-0.25, -0.2) is 0 Å². The van der Waals surface area contributed by atoms with E-state index in [1.165, 1.54) is 0 Å². The Morgan fingerprint density at radius 1 is 1.14 bits per heavy atom. The summed E-state index contributed by atoms with van der Waals surface area (Å²) in [5.74, 6) is 0.645. The summed E-state index contributed by atoms with van der Waals surface area (Å²) in [5.41, 5.74) is 3.26. The number of nitrogens with zero attached hydrogens (tertiary/aromatic N) is 1. The summed E-state index contributed by atoms with van der Waals surface area (Å²) >= 11 is 1.65. The lowest BCUT2D eigenvalue weighted by Gasteiger charge is -2.27. The molecule has 4 aromatic rings. The summed E-state index contributed by atoms with van der Waals surface area (Å²) in [7, 11) is 1.84. The van der Waals surface area contributed by atoms with Gasteiger partial charge in [-0.1, -0.05) is 36.4 Å². The third-order valence-corrected chi connectivity index (χ3v) is 5.79. The topological polar surface area (TPSA) is 45.3 Å². The molecule has 0 saturated heterocycles. The number of likely N-dealkylation sites (N-methyl/N-ethyl adjacent to an activating group) is 1. The number of rotatable bonds is 6. The third-order valence-electron chi connectivity index (χ3n) is 4.86. The number of para-hydroxylation sites is 1. The van der Waals surface area contributed by atoms with E-state index >= 15 is 0 Å². The van der Waals surface area contributed by atoms with Crippen molar-refractivity contribution in [2.24, 2.45) is 0 Å². The molecule has 2 aromatic carbocycles. The second-order valence-electron chi connectivity index (χ2n) is 6.82. The molecule has 5 heteroatoms. The molecule has 4 nitrogen and oxygen atoms in total. The average Bonchev–Trinajstić information content (AvgIpc) is 3.37. The molecule has 28 heavy (non-hydrogen) atoms. The van der Waals surface area contributed by atoms with Crippen molar-refractivity contribution >= 4 is 28.1 Å². The molecule has 0 radical (unpaired) electrons. The Morgan fingerprint density at radius 2 is 2.00 bits per heavy atom. The maximum absolute atomic E-state index is 13.0. The first-order valence-corrected chi connectivity index (χ1v) is 10.1. The number of amides is 1. The number of ether oxygens (including phenoxy) is 1. The number of fused-ring (bicyclic) bond motifs is 1. The number of aromatic nitrogens is 1. The summed E-state index contributed by atoms with van der Waals surface area (Å²) in [5, 5.41) is 3.17. The molecule has 1 amide bonds. The van der Waals surface area contributed by atoms with E-state index in [0.717, 1.165) is 26.9 Å². The standard InChI is InChI=1S/C23H22N2O2S/c1-16-7-5-8-17(13-16)27-15-22(26)25(2)23(21-11-6-12-28-21)19-14-24-20-10-4-3-9-18(19)20/h3-14,23-24H,15H2,1-2H3. The third kappa shape index (κ3) is 3.66. The van der Waals surface area contributed by atoms with Crippen molar-refractivity contribution < 1.29 is 9.53 Å². The molecule has 2 heterocycles. The van der Waals surface area contributed by atoms with Crippen molar-refractivity contribution in [3.8, 4) is 5.75 Å². The zero-order chi connectivity index (χ0) is 19.5. The summed E-state index contributed by atoms with van der Waals surface area (Å²) < 4.78 is 5.75. The van der Waals surface area contributed by atoms with Crippen LogP contribution in [-0.2, 0) is 4.79 Å². The molecule has 0 aliphatic carbocycles. The first-order chi connectivity index (χ1) is 13.6. The zero-order valence-electron chi connectivity index (χ0n) is 15.9. The minimum absolute atomic E-state index is 0.00415. The fourth-order valence-electron chi connectivity index (χ4n) is 3.42. The number of H-pyrrole nitrogens is 1. The molecule has 1 N–H and O–H groups in total. The first-order valence-electron chi connectivity index (χ1n) is 9.18. The quantitative estimate of drug-likeness (QED) is 0.494. The molecule has 0 aliphatic rings. The van der Waals surface area contributed by atoms with Gasteiger partial charge in [0.2, 0.25) is 0 Å². The minimum atomic E-state index is -0.162. The van der Waals surface area contributed by atoms with E-state index in [2.05, 4.69) is 17.1 Å². The van der Waals surface area contributed by atoms with Gasteiger partial charge in [-0.15, -0.1) is 11.3 Å². The second-order valence-corrected chi connectivity index (χ2v) is 7.80. The van der Waals surface area contributed by atoms with Crippen LogP contribution in [0.25, 0.3) is 10.9 Å². The molecule has 4 rings (SSSR count). The van der Waals surface area contributed by atoms with Gasteiger partial charge in [0.05, 0.1) is 6.04 Å². The van der Waals surface area contributed by atoms with Gasteiger partial charge >= 0.3 is 0 Å². The smallest absolute Gasteiger partial charge is 0.261 e.